The monoisotopic (exact) mass is 389 g/mol. The molecule has 4 rings (SSSR count). The Balaban J connectivity index is 1.75. The molecule has 0 saturated carbocycles. The summed E-state index contributed by atoms with van der Waals surface area (Å²) in [5.41, 5.74) is 2.85. The van der Waals surface area contributed by atoms with Gasteiger partial charge in [-0.2, -0.15) is 0 Å². The van der Waals surface area contributed by atoms with Gasteiger partial charge < -0.3 is 5.11 Å². The highest BCUT2D eigenvalue weighted by Crippen LogP contribution is 2.38. The molecule has 0 radical (unpaired) electrons. The SMILES string of the molecule is Cc1ccc(C(O)(/C(Cl)=C\Cn2nnc3ccccc32)c2ccccc2)cc1. The summed E-state index contributed by atoms with van der Waals surface area (Å²) in [5, 5.41) is 20.4. The summed E-state index contributed by atoms with van der Waals surface area (Å²) < 4.78 is 1.76. The Hall–Kier alpha value is -2.95. The van der Waals surface area contributed by atoms with Gasteiger partial charge in [-0.15, -0.1) is 5.10 Å². The van der Waals surface area contributed by atoms with Crippen LogP contribution >= 0.6 is 11.6 Å². The van der Waals surface area contributed by atoms with Crippen molar-refractivity contribution in [3.05, 3.63) is 107 Å². The maximum Gasteiger partial charge on any atom is 0.150 e. The van der Waals surface area contributed by atoms with Crippen LogP contribution in [0.5, 0.6) is 0 Å². The van der Waals surface area contributed by atoms with Crippen LogP contribution < -0.4 is 0 Å². The second kappa shape index (κ2) is 7.58. The van der Waals surface area contributed by atoms with Gasteiger partial charge in [0.05, 0.1) is 17.1 Å². The van der Waals surface area contributed by atoms with Gasteiger partial charge >= 0.3 is 0 Å². The number of allylic oxidation sites excluding steroid dienone is 1. The van der Waals surface area contributed by atoms with Crippen molar-refractivity contribution in [2.75, 3.05) is 0 Å². The van der Waals surface area contributed by atoms with Gasteiger partial charge in [-0.3, -0.25) is 0 Å². The minimum atomic E-state index is -1.44. The zero-order valence-corrected chi connectivity index (χ0v) is 16.2. The Labute approximate surface area is 168 Å². The number of nitrogens with zero attached hydrogens (tertiary/aromatic N) is 3. The molecule has 0 bridgehead atoms. The number of aliphatic hydroxyl groups is 1. The van der Waals surface area contributed by atoms with E-state index in [1.807, 2.05) is 85.8 Å². The number of aromatic nitrogens is 3. The van der Waals surface area contributed by atoms with E-state index in [9.17, 15) is 5.11 Å². The first-order chi connectivity index (χ1) is 13.6. The molecule has 0 fully saturated rings. The lowest BCUT2D eigenvalue weighted by molar-refractivity contribution is 0.129. The second-order valence-corrected chi connectivity index (χ2v) is 7.16. The fraction of sp³-hybridized carbons (Fsp3) is 0.130. The number of para-hydroxylation sites is 1. The molecular weight excluding hydrogens is 370 g/mol. The highest BCUT2D eigenvalue weighted by molar-refractivity contribution is 6.31. The minimum Gasteiger partial charge on any atom is -0.375 e. The van der Waals surface area contributed by atoms with Crippen LogP contribution in [0.3, 0.4) is 0 Å². The average molecular weight is 390 g/mol. The summed E-state index contributed by atoms with van der Waals surface area (Å²) >= 11 is 6.71. The Bertz CT molecular complexity index is 1120. The molecule has 4 nitrogen and oxygen atoms in total. The van der Waals surface area contributed by atoms with E-state index in [1.165, 1.54) is 0 Å². The molecule has 0 saturated heterocycles. The van der Waals surface area contributed by atoms with Crippen molar-refractivity contribution in [3.8, 4) is 0 Å². The predicted octanol–water partition coefficient (Wildman–Crippen LogP) is 4.80. The highest BCUT2D eigenvalue weighted by Gasteiger charge is 2.35. The van der Waals surface area contributed by atoms with E-state index in [0.29, 0.717) is 22.7 Å². The van der Waals surface area contributed by atoms with Gasteiger partial charge in [0.25, 0.3) is 0 Å². The van der Waals surface area contributed by atoms with Crippen molar-refractivity contribution < 1.29 is 5.11 Å². The van der Waals surface area contributed by atoms with Crippen LogP contribution in [0, 0.1) is 6.92 Å². The van der Waals surface area contributed by atoms with Crippen molar-refractivity contribution in [2.45, 2.75) is 19.1 Å². The number of aryl methyl sites for hydroxylation is 1. The molecule has 0 spiro atoms. The van der Waals surface area contributed by atoms with Crippen molar-refractivity contribution in [3.63, 3.8) is 0 Å². The smallest absolute Gasteiger partial charge is 0.150 e. The second-order valence-electron chi connectivity index (χ2n) is 6.75. The number of rotatable bonds is 5. The summed E-state index contributed by atoms with van der Waals surface area (Å²) in [6.07, 6.45) is 1.79. The molecule has 5 heteroatoms. The van der Waals surface area contributed by atoms with E-state index in [-0.39, 0.29) is 0 Å². The Morgan fingerprint density at radius 3 is 2.36 bits per heavy atom. The highest BCUT2D eigenvalue weighted by atomic mass is 35.5. The lowest BCUT2D eigenvalue weighted by Crippen LogP contribution is -2.28. The van der Waals surface area contributed by atoms with Gasteiger partial charge in [0.15, 0.2) is 5.60 Å². The van der Waals surface area contributed by atoms with E-state index in [1.54, 1.807) is 10.8 Å². The van der Waals surface area contributed by atoms with E-state index in [2.05, 4.69) is 10.3 Å². The van der Waals surface area contributed by atoms with Gasteiger partial charge in [0.1, 0.15) is 5.52 Å². The van der Waals surface area contributed by atoms with Gasteiger partial charge in [0.2, 0.25) is 0 Å². The topological polar surface area (TPSA) is 50.9 Å². The van der Waals surface area contributed by atoms with Crippen molar-refractivity contribution in [1.29, 1.82) is 0 Å². The third-order valence-electron chi connectivity index (χ3n) is 4.87. The predicted molar refractivity (Wildman–Crippen MR) is 112 cm³/mol. The molecule has 4 aromatic rings. The third-order valence-corrected chi connectivity index (χ3v) is 5.30. The van der Waals surface area contributed by atoms with Crippen molar-refractivity contribution in [2.24, 2.45) is 0 Å². The first kappa shape index (κ1) is 18.4. The van der Waals surface area contributed by atoms with Crippen LogP contribution in [-0.4, -0.2) is 20.1 Å². The molecule has 1 heterocycles. The fourth-order valence-electron chi connectivity index (χ4n) is 3.28. The molecule has 0 amide bonds. The van der Waals surface area contributed by atoms with Crippen molar-refractivity contribution >= 4 is 22.6 Å². The number of benzene rings is 3. The Morgan fingerprint density at radius 2 is 1.61 bits per heavy atom. The van der Waals surface area contributed by atoms with Crippen LogP contribution in [0.15, 0.2) is 90.0 Å². The standard InChI is InChI=1S/C23H20ClN3O/c1-17-11-13-19(14-12-17)23(28,18-7-3-2-4-8-18)22(24)15-16-27-21-10-6-5-9-20(21)25-26-27/h2-15,28H,16H2,1H3/b22-15+. The normalized spacial score (nSPS) is 14.2. The maximum absolute atomic E-state index is 11.7. The number of hydrogen-bond acceptors (Lipinski definition) is 3. The molecule has 0 aliphatic rings. The molecule has 1 N–H and O–H groups in total. The summed E-state index contributed by atoms with van der Waals surface area (Å²) in [4.78, 5) is 0. The summed E-state index contributed by atoms with van der Waals surface area (Å²) in [5.74, 6) is 0. The first-order valence-electron chi connectivity index (χ1n) is 9.08. The Kier molecular flexibility index (Phi) is 4.99. The summed E-state index contributed by atoms with van der Waals surface area (Å²) in [6, 6.07) is 24.9. The average Bonchev–Trinajstić information content (AvgIpc) is 3.15. The van der Waals surface area contributed by atoms with Gasteiger partial charge in [-0.05, 0) is 36.3 Å². The first-order valence-corrected chi connectivity index (χ1v) is 9.46. The maximum atomic E-state index is 11.7. The van der Waals surface area contributed by atoms with E-state index in [4.69, 9.17) is 11.6 Å². The van der Waals surface area contributed by atoms with Crippen LogP contribution in [0.25, 0.3) is 11.0 Å². The molecule has 3 aromatic carbocycles. The fourth-order valence-corrected chi connectivity index (χ4v) is 3.57. The van der Waals surface area contributed by atoms with Gasteiger partial charge in [-0.25, -0.2) is 4.68 Å². The van der Waals surface area contributed by atoms with Crippen LogP contribution in [0.2, 0.25) is 0 Å². The van der Waals surface area contributed by atoms with Crippen LogP contribution in [0.1, 0.15) is 16.7 Å². The van der Waals surface area contributed by atoms with Gasteiger partial charge in [0, 0.05) is 0 Å². The quantitative estimate of drug-likeness (QED) is 0.533. The molecule has 1 unspecified atom stereocenters. The lowest BCUT2D eigenvalue weighted by Gasteiger charge is -2.29. The molecular formula is C23H20ClN3O. The molecule has 28 heavy (non-hydrogen) atoms. The molecule has 140 valence electrons. The van der Waals surface area contributed by atoms with E-state index in [0.717, 1.165) is 16.6 Å². The van der Waals surface area contributed by atoms with E-state index < -0.39 is 5.60 Å². The van der Waals surface area contributed by atoms with Crippen molar-refractivity contribution in [1.82, 2.24) is 15.0 Å². The Morgan fingerprint density at radius 1 is 0.964 bits per heavy atom. The minimum absolute atomic E-state index is 0.321. The molecule has 0 aliphatic heterocycles. The van der Waals surface area contributed by atoms with Gasteiger partial charge in [-0.1, -0.05) is 89.1 Å². The van der Waals surface area contributed by atoms with E-state index >= 15 is 0 Å². The number of halogens is 1. The molecule has 0 aliphatic carbocycles. The van der Waals surface area contributed by atoms with Crippen LogP contribution in [0.4, 0.5) is 0 Å². The van der Waals surface area contributed by atoms with Crippen LogP contribution in [-0.2, 0) is 12.1 Å². The number of hydrogen-bond donors (Lipinski definition) is 1. The molecule has 1 aromatic heterocycles. The zero-order chi connectivity index (χ0) is 19.6. The third kappa shape index (κ3) is 3.33. The lowest BCUT2D eigenvalue weighted by atomic mass is 9.85. The molecule has 1 atom stereocenters. The zero-order valence-electron chi connectivity index (χ0n) is 15.5. The largest absolute Gasteiger partial charge is 0.375 e. The number of fused-ring (bicyclic) bond motifs is 1. The summed E-state index contributed by atoms with van der Waals surface area (Å²) in [7, 11) is 0. The summed E-state index contributed by atoms with van der Waals surface area (Å²) in [6.45, 7) is 2.42.